The molecule has 2 amide bonds. The highest BCUT2D eigenvalue weighted by molar-refractivity contribution is 5.95. The molecule has 0 radical (unpaired) electrons. The number of pyridine rings is 1. The molecule has 0 spiro atoms. The van der Waals surface area contributed by atoms with Gasteiger partial charge in [0, 0.05) is 37.9 Å². The van der Waals surface area contributed by atoms with E-state index in [2.05, 4.69) is 19.2 Å². The maximum atomic E-state index is 13.4. The summed E-state index contributed by atoms with van der Waals surface area (Å²) in [7, 11) is 1.79. The molecule has 6 heteroatoms. The van der Waals surface area contributed by atoms with E-state index in [9.17, 15) is 14.4 Å². The monoisotopic (exact) mass is 421 g/mol. The number of rotatable bonds is 4. The maximum absolute atomic E-state index is 13.4. The van der Waals surface area contributed by atoms with Crippen molar-refractivity contribution >= 4 is 11.8 Å². The average Bonchev–Trinajstić information content (AvgIpc) is 3.16. The number of benzene rings is 1. The highest BCUT2D eigenvalue weighted by Gasteiger charge is 2.41. The Bertz CT molecular complexity index is 1070. The van der Waals surface area contributed by atoms with Gasteiger partial charge in [-0.05, 0) is 66.8 Å². The van der Waals surface area contributed by atoms with Gasteiger partial charge in [-0.1, -0.05) is 26.0 Å². The molecule has 1 aliphatic heterocycles. The Balaban J connectivity index is 1.63. The van der Waals surface area contributed by atoms with Crippen LogP contribution in [-0.4, -0.2) is 40.9 Å². The van der Waals surface area contributed by atoms with E-state index >= 15 is 0 Å². The van der Waals surface area contributed by atoms with Crippen LogP contribution in [0.25, 0.3) is 5.69 Å². The number of carbonyl (C=O) groups excluding carboxylic acids is 2. The van der Waals surface area contributed by atoms with Crippen LogP contribution in [0.2, 0.25) is 0 Å². The summed E-state index contributed by atoms with van der Waals surface area (Å²) in [5.74, 6) is 0.938. The van der Waals surface area contributed by atoms with Crippen LogP contribution in [0.5, 0.6) is 0 Å². The SMILES string of the molecule is Cc1ccn(-c2cccc(C(C)C)c2)c(=O)c1C(=O)N(C)[C@H]1C[C@H]2CC(=O)NC[C@H]2C1. The fourth-order valence-electron chi connectivity index (χ4n) is 5.02. The van der Waals surface area contributed by atoms with Gasteiger partial charge in [0.25, 0.3) is 11.5 Å². The van der Waals surface area contributed by atoms with Crippen molar-refractivity contribution in [2.45, 2.75) is 52.0 Å². The smallest absolute Gasteiger partial charge is 0.268 e. The van der Waals surface area contributed by atoms with Crippen LogP contribution in [0.4, 0.5) is 0 Å². The molecule has 164 valence electrons. The number of aromatic nitrogens is 1. The highest BCUT2D eigenvalue weighted by atomic mass is 16.2. The zero-order valence-corrected chi connectivity index (χ0v) is 18.7. The molecule has 0 bridgehead atoms. The summed E-state index contributed by atoms with van der Waals surface area (Å²) in [6, 6.07) is 9.78. The molecular formula is C25H31N3O3. The molecule has 2 aromatic rings. The van der Waals surface area contributed by atoms with E-state index < -0.39 is 0 Å². The number of aryl methyl sites for hydroxylation is 1. The van der Waals surface area contributed by atoms with Gasteiger partial charge in [-0.3, -0.25) is 19.0 Å². The molecule has 4 rings (SSSR count). The predicted molar refractivity (Wildman–Crippen MR) is 121 cm³/mol. The van der Waals surface area contributed by atoms with Crippen LogP contribution in [-0.2, 0) is 4.79 Å². The number of nitrogens with zero attached hydrogens (tertiary/aromatic N) is 2. The number of amides is 2. The van der Waals surface area contributed by atoms with Crippen LogP contribution < -0.4 is 10.9 Å². The molecule has 2 fully saturated rings. The molecule has 2 aliphatic rings. The zero-order chi connectivity index (χ0) is 22.3. The van der Waals surface area contributed by atoms with E-state index in [1.54, 1.807) is 22.7 Å². The van der Waals surface area contributed by atoms with Crippen LogP contribution in [0.3, 0.4) is 0 Å². The van der Waals surface area contributed by atoms with E-state index in [4.69, 9.17) is 0 Å². The molecule has 1 aromatic heterocycles. The molecule has 1 aromatic carbocycles. The van der Waals surface area contributed by atoms with E-state index in [1.165, 1.54) is 0 Å². The van der Waals surface area contributed by atoms with Crippen molar-refractivity contribution < 1.29 is 9.59 Å². The summed E-state index contributed by atoms with van der Waals surface area (Å²) in [6.07, 6.45) is 3.96. The first-order chi connectivity index (χ1) is 14.8. The van der Waals surface area contributed by atoms with Crippen molar-refractivity contribution in [2.75, 3.05) is 13.6 Å². The molecular weight excluding hydrogens is 390 g/mol. The number of fused-ring (bicyclic) bond motifs is 1. The Morgan fingerprint density at radius 2 is 1.90 bits per heavy atom. The van der Waals surface area contributed by atoms with Crippen molar-refractivity contribution in [3.05, 3.63) is 63.6 Å². The number of nitrogens with one attached hydrogen (secondary N) is 1. The minimum atomic E-state index is -0.287. The van der Waals surface area contributed by atoms with Gasteiger partial charge in [0.05, 0.1) is 0 Å². The summed E-state index contributed by atoms with van der Waals surface area (Å²) < 4.78 is 1.57. The van der Waals surface area contributed by atoms with Crippen LogP contribution in [0, 0.1) is 18.8 Å². The Morgan fingerprint density at radius 1 is 1.16 bits per heavy atom. The Labute approximate surface area is 183 Å². The number of piperidine rings is 1. The first-order valence-corrected chi connectivity index (χ1v) is 11.1. The third-order valence-corrected chi connectivity index (χ3v) is 7.02. The van der Waals surface area contributed by atoms with E-state index in [1.807, 2.05) is 37.3 Å². The van der Waals surface area contributed by atoms with Gasteiger partial charge >= 0.3 is 0 Å². The van der Waals surface area contributed by atoms with Gasteiger partial charge in [0.1, 0.15) is 5.56 Å². The lowest BCUT2D eigenvalue weighted by Crippen LogP contribution is -2.40. The second-order valence-electron chi connectivity index (χ2n) is 9.37. The highest BCUT2D eigenvalue weighted by Crippen LogP contribution is 2.38. The van der Waals surface area contributed by atoms with Crippen LogP contribution >= 0.6 is 0 Å². The van der Waals surface area contributed by atoms with Crippen LogP contribution in [0.1, 0.15) is 60.5 Å². The largest absolute Gasteiger partial charge is 0.356 e. The fraction of sp³-hybridized carbons (Fsp3) is 0.480. The third-order valence-electron chi connectivity index (χ3n) is 7.02. The normalized spacial score (nSPS) is 22.9. The molecule has 6 nitrogen and oxygen atoms in total. The van der Waals surface area contributed by atoms with Crippen molar-refractivity contribution in [2.24, 2.45) is 11.8 Å². The summed E-state index contributed by atoms with van der Waals surface area (Å²) in [5, 5.41) is 2.93. The number of carbonyl (C=O) groups is 2. The first-order valence-electron chi connectivity index (χ1n) is 11.1. The molecule has 2 heterocycles. The van der Waals surface area contributed by atoms with Crippen molar-refractivity contribution in [1.82, 2.24) is 14.8 Å². The van der Waals surface area contributed by atoms with Gasteiger partial charge in [0.15, 0.2) is 0 Å². The molecule has 3 atom stereocenters. The second-order valence-corrected chi connectivity index (χ2v) is 9.37. The lowest BCUT2D eigenvalue weighted by atomic mass is 9.89. The quantitative estimate of drug-likeness (QED) is 0.824. The summed E-state index contributed by atoms with van der Waals surface area (Å²) in [5.41, 5.74) is 2.54. The van der Waals surface area contributed by atoms with Gasteiger partial charge in [-0.2, -0.15) is 0 Å². The number of hydrogen-bond acceptors (Lipinski definition) is 3. The van der Waals surface area contributed by atoms with E-state index in [-0.39, 0.29) is 29.0 Å². The minimum Gasteiger partial charge on any atom is -0.356 e. The van der Waals surface area contributed by atoms with Crippen LogP contribution in [0.15, 0.2) is 41.3 Å². The molecule has 1 N–H and O–H groups in total. The average molecular weight is 422 g/mol. The summed E-state index contributed by atoms with van der Waals surface area (Å²) >= 11 is 0. The first kappa shape index (κ1) is 21.3. The zero-order valence-electron chi connectivity index (χ0n) is 18.7. The standard InChI is InChI=1S/C25H31N3O3/c1-15(2)17-6-5-7-20(10-17)28-9-8-16(3)23(25(28)31)24(30)27(4)21-11-18-13-22(29)26-14-19(18)12-21/h5-10,15,18-19,21H,11-14H2,1-4H3,(H,26,29)/t18-,19+,21-/m0/s1. The summed E-state index contributed by atoms with van der Waals surface area (Å²) in [6.45, 7) is 6.73. The Kier molecular flexibility index (Phi) is 5.73. The lowest BCUT2D eigenvalue weighted by Gasteiger charge is -2.25. The van der Waals surface area contributed by atoms with Gasteiger partial charge in [-0.15, -0.1) is 0 Å². The lowest BCUT2D eigenvalue weighted by molar-refractivity contribution is -0.124. The molecule has 31 heavy (non-hydrogen) atoms. The minimum absolute atomic E-state index is 0.0481. The molecule has 1 saturated carbocycles. The maximum Gasteiger partial charge on any atom is 0.268 e. The van der Waals surface area contributed by atoms with Crippen molar-refractivity contribution in [3.8, 4) is 5.69 Å². The van der Waals surface area contributed by atoms with Crippen molar-refractivity contribution in [1.29, 1.82) is 0 Å². The third kappa shape index (κ3) is 4.03. The number of hydrogen-bond donors (Lipinski definition) is 1. The van der Waals surface area contributed by atoms with E-state index in [0.29, 0.717) is 36.3 Å². The Hall–Kier alpha value is -2.89. The van der Waals surface area contributed by atoms with Gasteiger partial charge in [-0.25, -0.2) is 0 Å². The fourth-order valence-corrected chi connectivity index (χ4v) is 5.02. The Morgan fingerprint density at radius 3 is 2.65 bits per heavy atom. The molecule has 1 saturated heterocycles. The second kappa shape index (κ2) is 8.33. The molecule has 1 aliphatic carbocycles. The van der Waals surface area contributed by atoms with E-state index in [0.717, 1.165) is 24.1 Å². The predicted octanol–water partition coefficient (Wildman–Crippen LogP) is 3.26. The topological polar surface area (TPSA) is 71.4 Å². The summed E-state index contributed by atoms with van der Waals surface area (Å²) in [4.78, 5) is 40.3. The van der Waals surface area contributed by atoms with Gasteiger partial charge < -0.3 is 10.2 Å². The van der Waals surface area contributed by atoms with Gasteiger partial charge in [0.2, 0.25) is 5.91 Å². The molecule has 0 unspecified atom stereocenters. The van der Waals surface area contributed by atoms with Crippen molar-refractivity contribution in [3.63, 3.8) is 0 Å².